The summed E-state index contributed by atoms with van der Waals surface area (Å²) in [5.41, 5.74) is 0. The first-order chi connectivity index (χ1) is 7.18. The van der Waals surface area contributed by atoms with Crippen LogP contribution in [0.5, 0.6) is 0 Å². The molecule has 0 fully saturated rings. The highest BCUT2D eigenvalue weighted by atomic mass is 16.4. The Morgan fingerprint density at radius 3 is 1.13 bits per heavy atom. The summed E-state index contributed by atoms with van der Waals surface area (Å²) >= 11 is 0. The van der Waals surface area contributed by atoms with Crippen molar-refractivity contribution in [3.63, 3.8) is 0 Å². The van der Waals surface area contributed by atoms with Gasteiger partial charge in [-0.3, -0.25) is 0 Å². The van der Waals surface area contributed by atoms with Crippen molar-refractivity contribution in [3.8, 4) is 0 Å². The molecule has 0 spiro atoms. The minimum atomic E-state index is -0.981. The summed E-state index contributed by atoms with van der Waals surface area (Å²) in [5.74, 6) is -0.981. The fourth-order valence-corrected chi connectivity index (χ4v) is 0.385. The Bertz CT molecular complexity index is 243. The Morgan fingerprint density at radius 1 is 0.867 bits per heavy atom. The second kappa shape index (κ2) is 14.4. The highest BCUT2D eigenvalue weighted by Crippen LogP contribution is 1.79. The van der Waals surface area contributed by atoms with E-state index in [1.807, 2.05) is 36.4 Å². The number of benzene rings is 1. The minimum Gasteiger partial charge on any atom is -0.478 e. The highest BCUT2D eigenvalue weighted by Gasteiger charge is 1.73. The van der Waals surface area contributed by atoms with Crippen LogP contribution >= 0.6 is 0 Å². The van der Waals surface area contributed by atoms with Crippen molar-refractivity contribution in [2.24, 2.45) is 0 Å². The Kier molecular flexibility index (Phi) is 14.8. The molecule has 0 radical (unpaired) electrons. The Hall–Kier alpha value is -2.09. The molecule has 1 aromatic rings. The first kappa shape index (κ1) is 15.4. The fourth-order valence-electron chi connectivity index (χ4n) is 0.385. The first-order valence-corrected chi connectivity index (χ1v) is 4.27. The van der Waals surface area contributed by atoms with Crippen molar-refractivity contribution >= 4 is 5.97 Å². The van der Waals surface area contributed by atoms with Gasteiger partial charge in [-0.15, -0.1) is 0 Å². The average molecular weight is 204 g/mol. The van der Waals surface area contributed by atoms with Gasteiger partial charge in [0, 0.05) is 6.08 Å². The Balaban J connectivity index is 0. The smallest absolute Gasteiger partial charge is 0.327 e. The molecule has 1 N–H and O–H groups in total. The first-order valence-electron chi connectivity index (χ1n) is 4.27. The topological polar surface area (TPSA) is 37.3 Å². The average Bonchev–Trinajstić information content (AvgIpc) is 2.32. The van der Waals surface area contributed by atoms with Gasteiger partial charge >= 0.3 is 5.97 Å². The Labute approximate surface area is 90.9 Å². The van der Waals surface area contributed by atoms with E-state index in [4.69, 9.17) is 5.11 Å². The molecule has 15 heavy (non-hydrogen) atoms. The van der Waals surface area contributed by atoms with Gasteiger partial charge in [0.05, 0.1) is 0 Å². The van der Waals surface area contributed by atoms with Crippen LogP contribution in [0.1, 0.15) is 0 Å². The SMILES string of the molecule is C=CC(=O)O.C=CC=C.c1ccccc1. The van der Waals surface area contributed by atoms with E-state index < -0.39 is 5.97 Å². The lowest BCUT2D eigenvalue weighted by atomic mass is 10.4. The largest absolute Gasteiger partial charge is 0.478 e. The number of carbonyl (C=O) groups is 1. The maximum absolute atomic E-state index is 9.25. The van der Waals surface area contributed by atoms with Crippen LogP contribution in [0, 0.1) is 0 Å². The lowest BCUT2D eigenvalue weighted by molar-refractivity contribution is -0.131. The van der Waals surface area contributed by atoms with Gasteiger partial charge in [0.25, 0.3) is 0 Å². The number of carboxylic acids is 1. The monoisotopic (exact) mass is 204 g/mol. The molecule has 1 rings (SSSR count). The zero-order valence-corrected chi connectivity index (χ0v) is 8.67. The van der Waals surface area contributed by atoms with E-state index in [9.17, 15) is 4.79 Å². The van der Waals surface area contributed by atoms with Gasteiger partial charge < -0.3 is 5.11 Å². The summed E-state index contributed by atoms with van der Waals surface area (Å²) < 4.78 is 0. The van der Waals surface area contributed by atoms with E-state index in [1.54, 1.807) is 12.2 Å². The number of allylic oxidation sites excluding steroid dienone is 2. The molecule has 2 nitrogen and oxygen atoms in total. The number of hydrogen-bond donors (Lipinski definition) is 1. The zero-order chi connectivity index (χ0) is 11.9. The van der Waals surface area contributed by atoms with Crippen molar-refractivity contribution in [2.75, 3.05) is 0 Å². The molecule has 0 saturated heterocycles. The van der Waals surface area contributed by atoms with Crippen LogP contribution in [0.2, 0.25) is 0 Å². The van der Waals surface area contributed by atoms with Crippen LogP contribution < -0.4 is 0 Å². The number of carboxylic acid groups (broad SMARTS) is 1. The molecule has 0 unspecified atom stereocenters. The van der Waals surface area contributed by atoms with Crippen LogP contribution in [0.3, 0.4) is 0 Å². The van der Waals surface area contributed by atoms with Crippen molar-refractivity contribution in [3.05, 3.63) is 74.4 Å². The molecule has 0 atom stereocenters. The second-order valence-electron chi connectivity index (χ2n) is 2.17. The van der Waals surface area contributed by atoms with E-state index in [0.717, 1.165) is 6.08 Å². The molecule has 0 amide bonds. The third-order valence-electron chi connectivity index (χ3n) is 1.01. The van der Waals surface area contributed by atoms with Crippen LogP contribution in [-0.2, 0) is 4.79 Å². The van der Waals surface area contributed by atoms with Gasteiger partial charge in [0.2, 0.25) is 0 Å². The summed E-state index contributed by atoms with van der Waals surface area (Å²) in [6.45, 7) is 9.68. The summed E-state index contributed by atoms with van der Waals surface area (Å²) in [6.07, 6.45) is 4.11. The van der Waals surface area contributed by atoms with Crippen LogP contribution in [0.4, 0.5) is 0 Å². The predicted octanol–water partition coefficient (Wildman–Crippen LogP) is 3.30. The third-order valence-corrected chi connectivity index (χ3v) is 1.01. The molecule has 2 heteroatoms. The molecule has 80 valence electrons. The van der Waals surface area contributed by atoms with Crippen molar-refractivity contribution < 1.29 is 9.90 Å². The van der Waals surface area contributed by atoms with E-state index in [-0.39, 0.29) is 0 Å². The molecule has 0 saturated carbocycles. The molecule has 1 aromatic carbocycles. The number of hydrogen-bond acceptors (Lipinski definition) is 1. The van der Waals surface area contributed by atoms with Crippen molar-refractivity contribution in [1.29, 1.82) is 0 Å². The van der Waals surface area contributed by atoms with E-state index in [1.165, 1.54) is 0 Å². The van der Waals surface area contributed by atoms with Gasteiger partial charge in [-0.2, -0.15) is 0 Å². The van der Waals surface area contributed by atoms with Crippen molar-refractivity contribution in [1.82, 2.24) is 0 Å². The van der Waals surface area contributed by atoms with Gasteiger partial charge in [0.15, 0.2) is 0 Å². The van der Waals surface area contributed by atoms with Gasteiger partial charge in [-0.05, 0) is 0 Å². The maximum Gasteiger partial charge on any atom is 0.327 e. The molecular formula is C13H16O2. The molecule has 0 aromatic heterocycles. The van der Waals surface area contributed by atoms with Crippen LogP contribution in [-0.4, -0.2) is 11.1 Å². The summed E-state index contributed by atoms with van der Waals surface area (Å²) in [5, 5.41) is 7.60. The minimum absolute atomic E-state index is 0.833. The standard InChI is InChI=1S/C6H6.C4H6.C3H4O2/c1-2-4-6-5-3-1;1-3-4-2;1-2-3(4)5/h1-6H;3-4H,1-2H2;2H,1H2,(H,4,5). The molecule has 0 aliphatic carbocycles. The van der Waals surface area contributed by atoms with Gasteiger partial charge in [0.1, 0.15) is 0 Å². The highest BCUT2D eigenvalue weighted by molar-refractivity contribution is 5.78. The third kappa shape index (κ3) is 24.5. The van der Waals surface area contributed by atoms with E-state index in [2.05, 4.69) is 19.7 Å². The number of rotatable bonds is 2. The van der Waals surface area contributed by atoms with E-state index in [0.29, 0.717) is 0 Å². The lowest BCUT2D eigenvalue weighted by Gasteiger charge is -1.69. The molecule has 0 aliphatic heterocycles. The quantitative estimate of drug-likeness (QED) is 0.592. The van der Waals surface area contributed by atoms with Crippen molar-refractivity contribution in [2.45, 2.75) is 0 Å². The zero-order valence-electron chi connectivity index (χ0n) is 8.67. The molecule has 0 heterocycles. The predicted molar refractivity (Wildman–Crippen MR) is 64.7 cm³/mol. The fraction of sp³-hybridized carbons (Fsp3) is 0. The van der Waals surface area contributed by atoms with Crippen LogP contribution in [0.15, 0.2) is 74.4 Å². The number of aliphatic carboxylic acids is 1. The molecular weight excluding hydrogens is 188 g/mol. The summed E-state index contributed by atoms with van der Waals surface area (Å²) in [4.78, 5) is 9.25. The second-order valence-corrected chi connectivity index (χ2v) is 2.17. The summed E-state index contributed by atoms with van der Waals surface area (Å²) in [7, 11) is 0. The summed E-state index contributed by atoms with van der Waals surface area (Å²) in [6, 6.07) is 12.0. The molecule has 0 aliphatic rings. The van der Waals surface area contributed by atoms with E-state index >= 15 is 0 Å². The van der Waals surface area contributed by atoms with Crippen LogP contribution in [0.25, 0.3) is 0 Å². The maximum atomic E-state index is 9.25. The van der Waals surface area contributed by atoms with Gasteiger partial charge in [-0.1, -0.05) is 68.3 Å². The lowest BCUT2D eigenvalue weighted by Crippen LogP contribution is -1.82. The van der Waals surface area contributed by atoms with Gasteiger partial charge in [-0.25, -0.2) is 4.79 Å². The Morgan fingerprint density at radius 2 is 1.07 bits per heavy atom. The molecule has 0 bridgehead atoms. The normalized spacial score (nSPS) is 6.67.